The van der Waals surface area contributed by atoms with Gasteiger partial charge in [0, 0.05) is 99.2 Å². The lowest BCUT2D eigenvalue weighted by atomic mass is 9.98. The van der Waals surface area contributed by atoms with Crippen LogP contribution in [-0.2, 0) is 42.7 Å². The van der Waals surface area contributed by atoms with Crippen molar-refractivity contribution < 1.29 is 23.7 Å². The molecule has 11 nitrogen and oxygen atoms in total. The molecule has 0 aliphatic carbocycles. The van der Waals surface area contributed by atoms with Crippen LogP contribution in [0.5, 0.6) is 11.5 Å². The van der Waals surface area contributed by atoms with E-state index in [4.69, 9.17) is 24.0 Å². The van der Waals surface area contributed by atoms with Crippen LogP contribution in [-0.4, -0.2) is 88.0 Å². The molecule has 2 aliphatic rings. The number of ether oxygens (including phenoxy) is 4. The van der Waals surface area contributed by atoms with Crippen molar-refractivity contribution in [2.24, 2.45) is 7.05 Å². The summed E-state index contributed by atoms with van der Waals surface area (Å²) in [6.45, 7) is 15.2. The van der Waals surface area contributed by atoms with E-state index in [-0.39, 0.29) is 12.6 Å². The first-order valence-electron chi connectivity index (χ1n) is 21.7. The van der Waals surface area contributed by atoms with Crippen molar-refractivity contribution in [1.82, 2.24) is 23.0 Å². The second kappa shape index (κ2) is 19.6. The maximum absolute atomic E-state index is 14.0. The molecule has 4 aromatic carbocycles. The summed E-state index contributed by atoms with van der Waals surface area (Å²) in [5, 5.41) is 8.34. The number of aryl methyl sites for hydroxylation is 3. The van der Waals surface area contributed by atoms with Crippen LogP contribution in [0.25, 0.3) is 32.8 Å². The summed E-state index contributed by atoms with van der Waals surface area (Å²) >= 11 is 1.87. The molecule has 0 saturated carbocycles. The Hall–Kier alpha value is -5.01. The molecule has 6 aromatic rings. The highest BCUT2D eigenvalue weighted by atomic mass is 32.2. The van der Waals surface area contributed by atoms with Crippen LogP contribution in [0, 0.1) is 0 Å². The van der Waals surface area contributed by atoms with Gasteiger partial charge in [-0.15, -0.1) is 0 Å². The SMILES string of the molecule is CCOC(=O)c1c(CCCOc2cccc3ccccc23)c2cccc3c2n1CCCCOCc1c-3c(COc2ccc(N3CCN(SN(CC)CC)CC3)cc2)nn1C. The van der Waals surface area contributed by atoms with Crippen molar-refractivity contribution in [3.63, 3.8) is 0 Å². The molecular weight excluding hydrogens is 773 g/mol. The van der Waals surface area contributed by atoms with E-state index in [1.165, 1.54) is 5.69 Å². The minimum Gasteiger partial charge on any atom is -0.493 e. The summed E-state index contributed by atoms with van der Waals surface area (Å²) in [4.78, 5) is 16.5. The molecule has 0 atom stereocenters. The number of carbonyl (C=O) groups excluding carboxylic acids is 1. The number of anilines is 1. The summed E-state index contributed by atoms with van der Waals surface area (Å²) in [6, 6.07) is 29.3. The zero-order chi connectivity index (χ0) is 41.4. The van der Waals surface area contributed by atoms with Crippen molar-refractivity contribution in [2.75, 3.05) is 64.0 Å². The highest BCUT2D eigenvalue weighted by Gasteiger charge is 2.29. The van der Waals surface area contributed by atoms with Gasteiger partial charge in [0.1, 0.15) is 29.5 Å². The Kier molecular flexibility index (Phi) is 13.6. The second-order valence-corrected chi connectivity index (χ2v) is 16.6. The normalized spacial score (nSPS) is 15.0. The van der Waals surface area contributed by atoms with E-state index in [1.54, 1.807) is 0 Å². The smallest absolute Gasteiger partial charge is 0.355 e. The maximum atomic E-state index is 14.0. The number of para-hydroxylation sites is 1. The van der Waals surface area contributed by atoms with Crippen molar-refractivity contribution in [1.29, 1.82) is 0 Å². The number of carbonyl (C=O) groups is 1. The Morgan fingerprint density at radius 1 is 0.850 bits per heavy atom. The molecule has 0 radical (unpaired) electrons. The van der Waals surface area contributed by atoms with Crippen molar-refractivity contribution in [3.05, 3.63) is 108 Å². The fraction of sp³-hybridized carbons (Fsp3) is 0.417. The van der Waals surface area contributed by atoms with E-state index in [2.05, 4.69) is 92.6 Å². The molecule has 2 aliphatic heterocycles. The van der Waals surface area contributed by atoms with Gasteiger partial charge in [0.15, 0.2) is 0 Å². The third-order valence-electron chi connectivity index (χ3n) is 11.7. The third-order valence-corrected chi connectivity index (χ3v) is 13.0. The van der Waals surface area contributed by atoms with Gasteiger partial charge in [-0.25, -0.2) is 13.4 Å². The van der Waals surface area contributed by atoms with Gasteiger partial charge in [0.05, 0.1) is 31.0 Å². The number of piperazine rings is 1. The Bertz CT molecular complexity index is 2380. The minimum absolute atomic E-state index is 0.282. The van der Waals surface area contributed by atoms with Gasteiger partial charge in [-0.1, -0.05) is 68.4 Å². The molecule has 60 heavy (non-hydrogen) atoms. The van der Waals surface area contributed by atoms with Crippen LogP contribution in [0.1, 0.15) is 67.5 Å². The number of hydrogen-bond donors (Lipinski definition) is 0. The summed E-state index contributed by atoms with van der Waals surface area (Å²) in [5.41, 5.74) is 7.64. The summed E-state index contributed by atoms with van der Waals surface area (Å²) in [6.07, 6.45) is 3.11. The molecule has 0 N–H and O–H groups in total. The number of hydrogen-bond acceptors (Lipinski definition) is 10. The van der Waals surface area contributed by atoms with E-state index >= 15 is 0 Å². The quantitative estimate of drug-likeness (QED) is 0.0567. The van der Waals surface area contributed by atoms with E-state index in [9.17, 15) is 4.79 Å². The van der Waals surface area contributed by atoms with E-state index < -0.39 is 0 Å². The number of fused-ring (bicyclic) bond motifs is 3. The lowest BCUT2D eigenvalue weighted by molar-refractivity contribution is 0.0512. The number of esters is 1. The lowest BCUT2D eigenvalue weighted by Crippen LogP contribution is -2.44. The molecule has 1 saturated heterocycles. The Labute approximate surface area is 358 Å². The van der Waals surface area contributed by atoms with Crippen LogP contribution >= 0.6 is 12.1 Å². The number of benzene rings is 4. The molecule has 2 aromatic heterocycles. The Balaban J connectivity index is 1.07. The summed E-state index contributed by atoms with van der Waals surface area (Å²) in [5.74, 6) is 1.37. The molecule has 0 bridgehead atoms. The van der Waals surface area contributed by atoms with E-state index in [1.807, 2.05) is 55.1 Å². The fourth-order valence-electron chi connectivity index (χ4n) is 8.62. The van der Waals surface area contributed by atoms with Crippen LogP contribution in [0.2, 0.25) is 0 Å². The first kappa shape index (κ1) is 41.7. The standard InChI is InChI=1S/C48H58N6O5S/c1-5-52(6-2)60-53-29-27-51(28-30-53)36-22-24-37(25-23-36)59-33-42-45-41-19-13-18-39-40(20-14-32-58-44-21-12-16-35-15-8-9-17-38(35)44)47(48(55)57-7-3)54(46(39)41)26-10-11-31-56-34-43(45)50(4)49-42/h8-9,12-13,15-19,21-25H,5-7,10-11,14,20,26-34H2,1-4H3. The topological polar surface area (TPSA) is 86.5 Å². The van der Waals surface area contributed by atoms with Crippen LogP contribution in [0.4, 0.5) is 5.69 Å². The third kappa shape index (κ3) is 9.02. The van der Waals surface area contributed by atoms with Crippen LogP contribution in [0.3, 0.4) is 0 Å². The number of aromatic nitrogens is 3. The van der Waals surface area contributed by atoms with Crippen molar-refractivity contribution in [3.8, 4) is 22.6 Å². The Morgan fingerprint density at radius 3 is 2.42 bits per heavy atom. The van der Waals surface area contributed by atoms with Gasteiger partial charge in [-0.3, -0.25) is 4.68 Å². The molecule has 0 amide bonds. The lowest BCUT2D eigenvalue weighted by Gasteiger charge is -2.37. The summed E-state index contributed by atoms with van der Waals surface area (Å²) in [7, 11) is 1.98. The number of nitrogens with zero attached hydrogens (tertiary/aromatic N) is 6. The van der Waals surface area contributed by atoms with E-state index in [0.29, 0.717) is 45.1 Å². The molecule has 0 unspecified atom stereocenters. The van der Waals surface area contributed by atoms with E-state index in [0.717, 1.165) is 120 Å². The van der Waals surface area contributed by atoms with Crippen LogP contribution in [0.15, 0.2) is 84.9 Å². The predicted molar refractivity (Wildman–Crippen MR) is 242 cm³/mol. The maximum Gasteiger partial charge on any atom is 0.355 e. The first-order valence-corrected chi connectivity index (χ1v) is 22.4. The van der Waals surface area contributed by atoms with Crippen molar-refractivity contribution >= 4 is 45.5 Å². The van der Waals surface area contributed by atoms with Gasteiger partial charge in [-0.05, 0) is 73.9 Å². The average molecular weight is 831 g/mol. The second-order valence-electron chi connectivity index (χ2n) is 15.4. The van der Waals surface area contributed by atoms with Gasteiger partial charge < -0.3 is 28.4 Å². The highest BCUT2D eigenvalue weighted by molar-refractivity contribution is 7.94. The Morgan fingerprint density at radius 2 is 1.62 bits per heavy atom. The monoisotopic (exact) mass is 830 g/mol. The van der Waals surface area contributed by atoms with Crippen molar-refractivity contribution in [2.45, 2.75) is 66.2 Å². The molecule has 316 valence electrons. The van der Waals surface area contributed by atoms with Gasteiger partial charge in [0.25, 0.3) is 0 Å². The molecule has 4 heterocycles. The largest absolute Gasteiger partial charge is 0.493 e. The number of rotatable bonds is 15. The fourth-order valence-corrected chi connectivity index (χ4v) is 9.50. The zero-order valence-corrected chi connectivity index (χ0v) is 36.3. The van der Waals surface area contributed by atoms with Gasteiger partial charge in [0.2, 0.25) is 0 Å². The highest BCUT2D eigenvalue weighted by Crippen LogP contribution is 2.40. The first-order chi connectivity index (χ1) is 29.5. The van der Waals surface area contributed by atoms with Crippen LogP contribution < -0.4 is 14.4 Å². The molecular formula is C48H58N6O5S. The van der Waals surface area contributed by atoms with Gasteiger partial charge in [-0.2, -0.15) is 5.10 Å². The average Bonchev–Trinajstić information content (AvgIpc) is 3.76. The molecule has 8 rings (SSSR count). The summed E-state index contributed by atoms with van der Waals surface area (Å²) < 4.78 is 33.9. The minimum atomic E-state index is -0.297. The predicted octanol–water partition coefficient (Wildman–Crippen LogP) is 9.30. The molecule has 0 spiro atoms. The molecule has 1 fully saturated rings. The zero-order valence-electron chi connectivity index (χ0n) is 35.5. The van der Waals surface area contributed by atoms with Gasteiger partial charge >= 0.3 is 5.97 Å². The molecule has 12 heteroatoms.